The average molecular weight is 510 g/mol. The van der Waals surface area contributed by atoms with Gasteiger partial charge in [-0.05, 0) is 24.6 Å². The summed E-state index contributed by atoms with van der Waals surface area (Å²) in [7, 11) is -2.98. The molecule has 2 aromatic rings. The van der Waals surface area contributed by atoms with Gasteiger partial charge in [0.15, 0.2) is 15.4 Å². The number of hydroxylamine groups is 1. The fourth-order valence-electron chi connectivity index (χ4n) is 3.97. The number of nitrogens with zero attached hydrogens (tertiary/aromatic N) is 2. The molecule has 3 N–H and O–H groups in total. The van der Waals surface area contributed by atoms with E-state index in [4.69, 9.17) is 11.6 Å². The number of amides is 4. The molecule has 0 bridgehead atoms. The van der Waals surface area contributed by atoms with Crippen LogP contribution in [-0.2, 0) is 19.4 Å². The molecular formula is C22H24ClN3O7S. The minimum Gasteiger partial charge on any atom is -0.379 e. The summed E-state index contributed by atoms with van der Waals surface area (Å²) in [4.78, 5) is 38.7. The van der Waals surface area contributed by atoms with E-state index in [1.165, 1.54) is 37.7 Å². The van der Waals surface area contributed by atoms with Gasteiger partial charge in [-0.1, -0.05) is 48.0 Å². The van der Waals surface area contributed by atoms with E-state index in [2.05, 4.69) is 0 Å². The first-order chi connectivity index (χ1) is 15.9. The maximum absolute atomic E-state index is 13.5. The van der Waals surface area contributed by atoms with E-state index in [0.717, 1.165) is 9.80 Å². The third-order valence-corrected chi connectivity index (χ3v) is 7.66. The van der Waals surface area contributed by atoms with Crippen LogP contribution in [0.15, 0.2) is 53.4 Å². The van der Waals surface area contributed by atoms with Crippen molar-refractivity contribution in [2.24, 2.45) is 0 Å². The molecule has 0 saturated carbocycles. The van der Waals surface area contributed by atoms with Crippen LogP contribution in [0, 0.1) is 0 Å². The van der Waals surface area contributed by atoms with E-state index in [9.17, 15) is 33.1 Å². The Morgan fingerprint density at radius 2 is 1.85 bits per heavy atom. The molecule has 0 aliphatic carbocycles. The Hall–Kier alpha value is -2.99. The molecule has 3 rings (SSSR count). The van der Waals surface area contributed by atoms with Gasteiger partial charge in [0.1, 0.15) is 6.54 Å². The smallest absolute Gasteiger partial charge is 0.327 e. The lowest BCUT2D eigenvalue weighted by molar-refractivity contribution is -0.149. The number of sulfone groups is 1. The minimum absolute atomic E-state index is 0.123. The average Bonchev–Trinajstić information content (AvgIpc) is 3.04. The fraction of sp³-hybridized carbons (Fsp3) is 0.318. The second-order valence-corrected chi connectivity index (χ2v) is 10.6. The van der Waals surface area contributed by atoms with Gasteiger partial charge in [-0.25, -0.2) is 18.7 Å². The van der Waals surface area contributed by atoms with Crippen LogP contribution in [0.1, 0.15) is 13.3 Å². The number of aliphatic hydroxyl groups is 1. The lowest BCUT2D eigenvalue weighted by Crippen LogP contribution is -2.55. The molecule has 2 aromatic carbocycles. The van der Waals surface area contributed by atoms with Gasteiger partial charge in [0, 0.05) is 30.1 Å². The summed E-state index contributed by atoms with van der Waals surface area (Å²) in [5, 5.41) is 20.5. The topological polar surface area (TPSA) is 144 Å². The lowest BCUT2D eigenvalue weighted by Gasteiger charge is -2.31. The number of benzene rings is 2. The summed E-state index contributed by atoms with van der Waals surface area (Å²) < 4.78 is 26.9. The van der Waals surface area contributed by atoms with Gasteiger partial charge >= 0.3 is 6.03 Å². The Labute approximate surface area is 201 Å². The molecule has 0 radical (unpaired) electrons. The van der Waals surface area contributed by atoms with Crippen molar-refractivity contribution in [1.29, 1.82) is 0 Å². The van der Waals surface area contributed by atoms with Gasteiger partial charge in [-0.15, -0.1) is 0 Å². The predicted molar refractivity (Wildman–Crippen MR) is 123 cm³/mol. The first-order valence-corrected chi connectivity index (χ1v) is 12.2. The SMILES string of the molecule is CC(CC(O)(CS(=O)(=O)c1cc(Cl)ccc1-c1ccccc1)C(=O)NO)N1C(=O)CN(C)C1=O. The number of urea groups is 1. The summed E-state index contributed by atoms with van der Waals surface area (Å²) in [5.74, 6) is -3.09. The monoisotopic (exact) mass is 509 g/mol. The Kier molecular flexibility index (Phi) is 7.32. The van der Waals surface area contributed by atoms with Crippen molar-refractivity contribution in [3.05, 3.63) is 53.6 Å². The molecule has 2 unspecified atom stereocenters. The largest absolute Gasteiger partial charge is 0.379 e. The third kappa shape index (κ3) is 5.07. The van der Waals surface area contributed by atoms with E-state index in [1.54, 1.807) is 30.3 Å². The Balaban J connectivity index is 2.00. The maximum Gasteiger partial charge on any atom is 0.327 e. The van der Waals surface area contributed by atoms with Crippen molar-refractivity contribution >= 4 is 39.3 Å². The van der Waals surface area contributed by atoms with Crippen LogP contribution in [0.4, 0.5) is 4.79 Å². The highest BCUT2D eigenvalue weighted by atomic mass is 35.5. The number of hydrogen-bond donors (Lipinski definition) is 3. The molecule has 34 heavy (non-hydrogen) atoms. The summed E-state index contributed by atoms with van der Waals surface area (Å²) >= 11 is 6.06. The van der Waals surface area contributed by atoms with E-state index < -0.39 is 51.5 Å². The van der Waals surface area contributed by atoms with Gasteiger partial charge in [0.05, 0.1) is 10.6 Å². The van der Waals surface area contributed by atoms with Crippen molar-refractivity contribution in [3.8, 4) is 11.1 Å². The molecule has 12 heteroatoms. The molecule has 1 fully saturated rings. The zero-order chi connectivity index (χ0) is 25.3. The maximum atomic E-state index is 13.5. The number of imide groups is 1. The zero-order valence-corrected chi connectivity index (χ0v) is 20.0. The van der Waals surface area contributed by atoms with Crippen molar-refractivity contribution in [3.63, 3.8) is 0 Å². The summed E-state index contributed by atoms with van der Waals surface area (Å²) in [5.41, 5.74) is -0.520. The minimum atomic E-state index is -4.39. The second-order valence-electron chi connectivity index (χ2n) is 8.19. The molecule has 2 atom stereocenters. The van der Waals surface area contributed by atoms with Gasteiger partial charge < -0.3 is 10.0 Å². The van der Waals surface area contributed by atoms with Crippen LogP contribution >= 0.6 is 11.6 Å². The molecule has 182 valence electrons. The Bertz CT molecular complexity index is 1220. The van der Waals surface area contributed by atoms with Crippen LogP contribution in [0.5, 0.6) is 0 Å². The van der Waals surface area contributed by atoms with Gasteiger partial charge in [-0.3, -0.25) is 19.7 Å². The van der Waals surface area contributed by atoms with E-state index >= 15 is 0 Å². The molecule has 1 heterocycles. The van der Waals surface area contributed by atoms with E-state index in [-0.39, 0.29) is 16.5 Å². The van der Waals surface area contributed by atoms with Crippen molar-refractivity contribution in [2.45, 2.75) is 29.9 Å². The molecule has 0 spiro atoms. The fourth-order valence-corrected chi connectivity index (χ4v) is 6.07. The second kappa shape index (κ2) is 9.71. The third-order valence-electron chi connectivity index (χ3n) is 5.56. The Morgan fingerprint density at radius 3 is 2.41 bits per heavy atom. The van der Waals surface area contributed by atoms with Crippen LogP contribution < -0.4 is 5.48 Å². The Morgan fingerprint density at radius 1 is 1.21 bits per heavy atom. The highest BCUT2D eigenvalue weighted by molar-refractivity contribution is 7.91. The number of nitrogens with one attached hydrogen (secondary N) is 1. The summed E-state index contributed by atoms with van der Waals surface area (Å²) in [6.45, 7) is 1.21. The van der Waals surface area contributed by atoms with Crippen molar-refractivity contribution in [2.75, 3.05) is 19.3 Å². The highest BCUT2D eigenvalue weighted by Crippen LogP contribution is 2.33. The van der Waals surface area contributed by atoms with E-state index in [1.807, 2.05) is 0 Å². The first-order valence-electron chi connectivity index (χ1n) is 10.2. The number of carbonyl (C=O) groups is 3. The number of likely N-dealkylation sites (N-methyl/N-ethyl adjacent to an activating group) is 1. The zero-order valence-electron chi connectivity index (χ0n) is 18.4. The molecule has 1 saturated heterocycles. The van der Waals surface area contributed by atoms with Crippen LogP contribution in [0.25, 0.3) is 11.1 Å². The first kappa shape index (κ1) is 25.6. The highest BCUT2D eigenvalue weighted by Gasteiger charge is 2.46. The molecular weight excluding hydrogens is 486 g/mol. The summed E-state index contributed by atoms with van der Waals surface area (Å²) in [6, 6.07) is 11.1. The summed E-state index contributed by atoms with van der Waals surface area (Å²) in [6.07, 6.45) is -0.634. The van der Waals surface area contributed by atoms with Crippen LogP contribution in [0.3, 0.4) is 0 Å². The molecule has 0 aromatic heterocycles. The van der Waals surface area contributed by atoms with Crippen molar-refractivity contribution < 1.29 is 33.1 Å². The van der Waals surface area contributed by atoms with Gasteiger partial charge in [-0.2, -0.15) is 0 Å². The number of carbonyl (C=O) groups excluding carboxylic acids is 3. The number of hydrogen-bond acceptors (Lipinski definition) is 7. The molecule has 4 amide bonds. The van der Waals surface area contributed by atoms with E-state index in [0.29, 0.717) is 11.1 Å². The van der Waals surface area contributed by atoms with Gasteiger partial charge in [0.2, 0.25) is 0 Å². The quantitative estimate of drug-likeness (QED) is 0.279. The number of halogens is 1. The predicted octanol–water partition coefficient (Wildman–Crippen LogP) is 1.69. The standard InChI is InChI=1S/C22H24ClN3O7S/c1-14(26-19(27)12-25(2)21(26)29)11-22(30,20(28)24-31)13-34(32,33)18-10-16(23)8-9-17(18)15-6-4-3-5-7-15/h3-10,14,30-31H,11-13H2,1-2H3,(H,24,28). The lowest BCUT2D eigenvalue weighted by atomic mass is 9.96. The molecule has 1 aliphatic rings. The molecule has 10 nitrogen and oxygen atoms in total. The van der Waals surface area contributed by atoms with Crippen LogP contribution in [-0.4, -0.2) is 77.4 Å². The molecule has 1 aliphatic heterocycles. The van der Waals surface area contributed by atoms with Gasteiger partial charge in [0.25, 0.3) is 11.8 Å². The normalized spacial score (nSPS) is 17.0. The van der Waals surface area contributed by atoms with Crippen LogP contribution in [0.2, 0.25) is 5.02 Å². The van der Waals surface area contributed by atoms with Crippen molar-refractivity contribution in [1.82, 2.24) is 15.3 Å². The number of rotatable bonds is 8.